The average Bonchev–Trinajstić information content (AvgIpc) is 2.74. The lowest BCUT2D eigenvalue weighted by atomic mass is 10.1. The summed E-state index contributed by atoms with van der Waals surface area (Å²) >= 11 is 1.44. The third kappa shape index (κ3) is 1.75. The van der Waals surface area contributed by atoms with Gasteiger partial charge in [-0.15, -0.1) is 11.3 Å². The van der Waals surface area contributed by atoms with Gasteiger partial charge in [0.05, 0.1) is 5.52 Å². The zero-order chi connectivity index (χ0) is 12.7. The van der Waals surface area contributed by atoms with Gasteiger partial charge in [0.25, 0.3) is 5.56 Å². The number of fused-ring (bicyclic) bond motifs is 1. The molecule has 0 saturated carbocycles. The van der Waals surface area contributed by atoms with E-state index in [1.54, 1.807) is 6.92 Å². The summed E-state index contributed by atoms with van der Waals surface area (Å²) in [6.45, 7) is 3.86. The maximum atomic E-state index is 11.8. The first kappa shape index (κ1) is 11.2. The Bertz CT molecular complexity index is 769. The molecule has 2 heterocycles. The van der Waals surface area contributed by atoms with Crippen LogP contribution in [0.4, 0.5) is 0 Å². The normalized spacial score (nSPS) is 11.0. The van der Waals surface area contributed by atoms with Crippen LogP contribution in [0.25, 0.3) is 21.3 Å². The monoisotopic (exact) mass is 256 g/mol. The molecule has 2 aromatic heterocycles. The fourth-order valence-electron chi connectivity index (χ4n) is 1.98. The number of aromatic amines is 1. The van der Waals surface area contributed by atoms with Crippen molar-refractivity contribution < 1.29 is 0 Å². The molecular weight excluding hydrogens is 244 g/mol. The molecular formula is C14H12N2OS. The maximum absolute atomic E-state index is 11.8. The topological polar surface area (TPSA) is 45.8 Å². The van der Waals surface area contributed by atoms with Crippen LogP contribution in [0.3, 0.4) is 0 Å². The van der Waals surface area contributed by atoms with Gasteiger partial charge in [0.2, 0.25) is 0 Å². The van der Waals surface area contributed by atoms with E-state index < -0.39 is 0 Å². The van der Waals surface area contributed by atoms with Crippen molar-refractivity contribution in [2.24, 2.45) is 0 Å². The predicted molar refractivity (Wildman–Crippen MR) is 75.2 cm³/mol. The highest BCUT2D eigenvalue weighted by atomic mass is 32.1. The fourth-order valence-corrected chi connectivity index (χ4v) is 2.89. The molecule has 18 heavy (non-hydrogen) atoms. The second-order valence-corrected chi connectivity index (χ2v) is 5.22. The summed E-state index contributed by atoms with van der Waals surface area (Å²) in [6, 6.07) is 8.27. The molecule has 0 saturated heterocycles. The quantitative estimate of drug-likeness (QED) is 0.726. The first-order valence-electron chi connectivity index (χ1n) is 5.70. The molecule has 3 aromatic rings. The molecule has 0 aliphatic carbocycles. The summed E-state index contributed by atoms with van der Waals surface area (Å²) in [5, 5.41) is 2.00. The third-order valence-electron chi connectivity index (χ3n) is 2.91. The molecule has 0 fully saturated rings. The van der Waals surface area contributed by atoms with E-state index >= 15 is 0 Å². The molecule has 1 N–H and O–H groups in total. The Morgan fingerprint density at radius 1 is 1.17 bits per heavy atom. The van der Waals surface area contributed by atoms with Gasteiger partial charge in [-0.1, -0.05) is 29.8 Å². The molecule has 0 aliphatic heterocycles. The number of nitrogens with one attached hydrogen (secondary N) is 1. The maximum Gasteiger partial charge on any atom is 0.268 e. The standard InChI is InChI=1S/C14H12N2OS/c1-8-3-5-10(6-4-8)11-7-18-13-12(11)15-9(2)16-14(13)17/h3-7H,1-2H3,(H,15,16,17). The number of thiophene rings is 1. The Morgan fingerprint density at radius 3 is 2.61 bits per heavy atom. The van der Waals surface area contributed by atoms with E-state index in [1.807, 2.05) is 5.38 Å². The van der Waals surface area contributed by atoms with Gasteiger partial charge >= 0.3 is 0 Å². The molecule has 0 aliphatic rings. The lowest BCUT2D eigenvalue weighted by Crippen LogP contribution is -2.07. The van der Waals surface area contributed by atoms with Gasteiger partial charge in [-0.2, -0.15) is 0 Å². The number of hydrogen-bond acceptors (Lipinski definition) is 3. The second-order valence-electron chi connectivity index (χ2n) is 4.34. The van der Waals surface area contributed by atoms with Crippen LogP contribution in [0.5, 0.6) is 0 Å². The summed E-state index contributed by atoms with van der Waals surface area (Å²) in [4.78, 5) is 19.0. The highest BCUT2D eigenvalue weighted by Gasteiger charge is 2.10. The minimum Gasteiger partial charge on any atom is -0.310 e. The SMILES string of the molecule is Cc1ccc(-c2csc3c(=O)[nH]c(C)nc23)cc1. The number of aryl methyl sites for hydroxylation is 2. The van der Waals surface area contributed by atoms with Crippen LogP contribution >= 0.6 is 11.3 Å². The van der Waals surface area contributed by atoms with Crippen LogP contribution in [0.15, 0.2) is 34.4 Å². The van der Waals surface area contributed by atoms with Crippen molar-refractivity contribution in [3.8, 4) is 11.1 Å². The van der Waals surface area contributed by atoms with Gasteiger partial charge in [-0.05, 0) is 19.4 Å². The number of rotatable bonds is 1. The molecule has 4 heteroatoms. The van der Waals surface area contributed by atoms with Crippen LogP contribution in [0.1, 0.15) is 11.4 Å². The average molecular weight is 256 g/mol. The molecule has 0 unspecified atom stereocenters. The van der Waals surface area contributed by atoms with Crippen molar-refractivity contribution in [3.05, 3.63) is 51.4 Å². The van der Waals surface area contributed by atoms with Gasteiger partial charge in [0, 0.05) is 10.9 Å². The summed E-state index contributed by atoms with van der Waals surface area (Å²) in [7, 11) is 0. The van der Waals surface area contributed by atoms with Crippen LogP contribution < -0.4 is 5.56 Å². The minimum atomic E-state index is -0.0548. The molecule has 0 radical (unpaired) electrons. The molecule has 1 aromatic carbocycles. The summed E-state index contributed by atoms with van der Waals surface area (Å²) in [5.74, 6) is 0.652. The van der Waals surface area contributed by atoms with Crippen molar-refractivity contribution in [2.75, 3.05) is 0 Å². The zero-order valence-corrected chi connectivity index (χ0v) is 11.0. The fraction of sp³-hybridized carbons (Fsp3) is 0.143. The highest BCUT2D eigenvalue weighted by molar-refractivity contribution is 7.17. The Morgan fingerprint density at radius 2 is 1.89 bits per heavy atom. The van der Waals surface area contributed by atoms with Crippen molar-refractivity contribution in [1.29, 1.82) is 0 Å². The van der Waals surface area contributed by atoms with Gasteiger partial charge in [0.1, 0.15) is 10.5 Å². The largest absolute Gasteiger partial charge is 0.310 e. The zero-order valence-electron chi connectivity index (χ0n) is 10.2. The van der Waals surface area contributed by atoms with Crippen molar-refractivity contribution in [1.82, 2.24) is 9.97 Å². The first-order chi connectivity index (χ1) is 8.65. The third-order valence-corrected chi connectivity index (χ3v) is 3.88. The highest BCUT2D eigenvalue weighted by Crippen LogP contribution is 2.30. The van der Waals surface area contributed by atoms with E-state index in [-0.39, 0.29) is 5.56 Å². The first-order valence-corrected chi connectivity index (χ1v) is 6.58. The Hall–Kier alpha value is -1.94. The van der Waals surface area contributed by atoms with Crippen LogP contribution in [0, 0.1) is 13.8 Å². The van der Waals surface area contributed by atoms with Gasteiger partial charge < -0.3 is 4.98 Å². The van der Waals surface area contributed by atoms with E-state index in [0.29, 0.717) is 10.5 Å². The Kier molecular flexibility index (Phi) is 2.52. The second kappa shape index (κ2) is 4.07. The van der Waals surface area contributed by atoms with E-state index in [0.717, 1.165) is 16.6 Å². The molecule has 0 atom stereocenters. The number of hydrogen-bond donors (Lipinski definition) is 1. The predicted octanol–water partition coefficient (Wildman–Crippen LogP) is 3.27. The molecule has 0 spiro atoms. The van der Waals surface area contributed by atoms with Gasteiger partial charge in [-0.3, -0.25) is 4.79 Å². The lowest BCUT2D eigenvalue weighted by Gasteiger charge is -2.00. The molecule has 3 rings (SSSR count). The Labute approximate surface area is 108 Å². The number of nitrogens with zero attached hydrogens (tertiary/aromatic N) is 1. The van der Waals surface area contributed by atoms with Gasteiger partial charge in [0.15, 0.2) is 0 Å². The van der Waals surface area contributed by atoms with Gasteiger partial charge in [-0.25, -0.2) is 4.98 Å². The summed E-state index contributed by atoms with van der Waals surface area (Å²) in [5.41, 5.74) is 4.10. The van der Waals surface area contributed by atoms with Crippen LogP contribution in [0.2, 0.25) is 0 Å². The molecule has 0 bridgehead atoms. The number of H-pyrrole nitrogens is 1. The summed E-state index contributed by atoms with van der Waals surface area (Å²) < 4.78 is 0.691. The number of benzene rings is 1. The van der Waals surface area contributed by atoms with E-state index in [9.17, 15) is 4.79 Å². The summed E-state index contributed by atoms with van der Waals surface area (Å²) in [6.07, 6.45) is 0. The van der Waals surface area contributed by atoms with Crippen molar-refractivity contribution >= 4 is 21.6 Å². The van der Waals surface area contributed by atoms with E-state index in [2.05, 4.69) is 41.2 Å². The van der Waals surface area contributed by atoms with Crippen LogP contribution in [-0.4, -0.2) is 9.97 Å². The molecule has 0 amide bonds. The molecule has 90 valence electrons. The Balaban J connectivity index is 2.30. The van der Waals surface area contributed by atoms with E-state index in [4.69, 9.17) is 0 Å². The smallest absolute Gasteiger partial charge is 0.268 e. The molecule has 3 nitrogen and oxygen atoms in total. The van der Waals surface area contributed by atoms with Crippen molar-refractivity contribution in [3.63, 3.8) is 0 Å². The van der Waals surface area contributed by atoms with Crippen molar-refractivity contribution in [2.45, 2.75) is 13.8 Å². The number of aromatic nitrogens is 2. The lowest BCUT2D eigenvalue weighted by molar-refractivity contribution is 1.06. The minimum absolute atomic E-state index is 0.0548. The van der Waals surface area contributed by atoms with E-state index in [1.165, 1.54) is 16.9 Å². The van der Waals surface area contributed by atoms with Crippen LogP contribution in [-0.2, 0) is 0 Å².